The normalized spacial score (nSPS) is 14.4. The standard InChI is InChI=1S/C13H24N4O6S/c1-6(2)10(17-9(19)3-14)12(21)15-7(4-18)11(20)16-8(5-24)13(22)23/h6-8,10,18,24H,3-5,14H2,1-2H3,(H,15,21)(H,16,20)(H,17,19)(H,22,23). The number of hydrogen-bond donors (Lipinski definition) is 7. The molecule has 0 aliphatic heterocycles. The smallest absolute Gasteiger partial charge is 0.327 e. The predicted molar refractivity (Wildman–Crippen MR) is 88.3 cm³/mol. The number of carbonyl (C=O) groups excluding carboxylic acids is 3. The van der Waals surface area contributed by atoms with Crippen LogP contribution in [0.25, 0.3) is 0 Å². The van der Waals surface area contributed by atoms with E-state index in [4.69, 9.17) is 10.8 Å². The third-order valence-corrected chi connectivity index (χ3v) is 3.43. The summed E-state index contributed by atoms with van der Waals surface area (Å²) >= 11 is 3.80. The first kappa shape index (κ1) is 22.1. The average Bonchev–Trinajstić information content (AvgIpc) is 2.53. The molecule has 0 rings (SSSR count). The van der Waals surface area contributed by atoms with Gasteiger partial charge in [-0.1, -0.05) is 13.8 Å². The van der Waals surface area contributed by atoms with Crippen LogP contribution in [0, 0.1) is 5.92 Å². The van der Waals surface area contributed by atoms with E-state index in [1.807, 2.05) is 0 Å². The van der Waals surface area contributed by atoms with Gasteiger partial charge in [0.05, 0.1) is 13.2 Å². The number of rotatable bonds is 10. The summed E-state index contributed by atoms with van der Waals surface area (Å²) in [4.78, 5) is 46.4. The predicted octanol–water partition coefficient (Wildman–Crippen LogP) is -2.94. The van der Waals surface area contributed by atoms with Gasteiger partial charge in [0, 0.05) is 5.75 Å². The van der Waals surface area contributed by atoms with Gasteiger partial charge in [-0.3, -0.25) is 14.4 Å². The number of nitrogens with two attached hydrogens (primary N) is 1. The van der Waals surface area contributed by atoms with Gasteiger partial charge in [-0.05, 0) is 5.92 Å². The second kappa shape index (κ2) is 10.8. The number of carboxylic acids is 1. The number of hydrogen-bond acceptors (Lipinski definition) is 7. The zero-order valence-corrected chi connectivity index (χ0v) is 14.4. The summed E-state index contributed by atoms with van der Waals surface area (Å²) in [6.45, 7) is 2.31. The second-order valence-electron chi connectivity index (χ2n) is 5.32. The Bertz CT molecular complexity index is 473. The lowest BCUT2D eigenvalue weighted by atomic mass is 10.0. The molecule has 11 heteroatoms. The molecule has 0 aliphatic carbocycles. The van der Waals surface area contributed by atoms with Crippen LogP contribution in [0.5, 0.6) is 0 Å². The zero-order valence-electron chi connectivity index (χ0n) is 13.5. The maximum absolute atomic E-state index is 12.2. The Morgan fingerprint density at radius 2 is 1.58 bits per heavy atom. The first-order valence-corrected chi connectivity index (χ1v) is 7.85. The molecular weight excluding hydrogens is 340 g/mol. The number of thiol groups is 1. The summed E-state index contributed by atoms with van der Waals surface area (Å²) in [6.07, 6.45) is 0. The molecule has 3 atom stereocenters. The van der Waals surface area contributed by atoms with Crippen molar-refractivity contribution in [2.75, 3.05) is 18.9 Å². The molecule has 3 unspecified atom stereocenters. The van der Waals surface area contributed by atoms with Crippen molar-refractivity contribution < 1.29 is 29.4 Å². The Labute approximate surface area is 144 Å². The molecule has 0 aliphatic rings. The molecule has 0 fully saturated rings. The maximum atomic E-state index is 12.2. The highest BCUT2D eigenvalue weighted by atomic mass is 32.1. The van der Waals surface area contributed by atoms with Gasteiger partial charge in [-0.25, -0.2) is 4.79 Å². The van der Waals surface area contributed by atoms with Crippen LogP contribution in [-0.4, -0.2) is 70.9 Å². The minimum atomic E-state index is -1.37. The van der Waals surface area contributed by atoms with Gasteiger partial charge in [-0.2, -0.15) is 12.6 Å². The van der Waals surface area contributed by atoms with E-state index in [0.29, 0.717) is 0 Å². The Morgan fingerprint density at radius 1 is 1.04 bits per heavy atom. The van der Waals surface area contributed by atoms with E-state index in [0.717, 1.165) is 0 Å². The fraction of sp³-hybridized carbons (Fsp3) is 0.692. The Hall–Kier alpha value is -1.85. The van der Waals surface area contributed by atoms with Crippen LogP contribution in [-0.2, 0) is 19.2 Å². The number of aliphatic hydroxyl groups excluding tert-OH is 1. The lowest BCUT2D eigenvalue weighted by Gasteiger charge is -2.25. The highest BCUT2D eigenvalue weighted by molar-refractivity contribution is 7.80. The molecule has 0 aromatic heterocycles. The summed E-state index contributed by atoms with van der Waals surface area (Å²) in [6, 6.07) is -3.58. The monoisotopic (exact) mass is 364 g/mol. The molecule has 0 radical (unpaired) electrons. The Balaban J connectivity index is 4.94. The average molecular weight is 364 g/mol. The van der Waals surface area contributed by atoms with Gasteiger partial charge in [-0.15, -0.1) is 0 Å². The molecular formula is C13H24N4O6S. The third-order valence-electron chi connectivity index (χ3n) is 3.06. The maximum Gasteiger partial charge on any atom is 0.327 e. The molecule has 10 nitrogen and oxygen atoms in total. The Morgan fingerprint density at radius 3 is 1.96 bits per heavy atom. The fourth-order valence-corrected chi connectivity index (χ4v) is 1.93. The van der Waals surface area contributed by atoms with E-state index in [1.165, 1.54) is 0 Å². The highest BCUT2D eigenvalue weighted by Gasteiger charge is 2.29. The van der Waals surface area contributed by atoms with Gasteiger partial charge in [0.15, 0.2) is 0 Å². The number of carbonyl (C=O) groups is 4. The minimum Gasteiger partial charge on any atom is -0.480 e. The van der Waals surface area contributed by atoms with Crippen molar-refractivity contribution in [1.82, 2.24) is 16.0 Å². The topological polar surface area (TPSA) is 171 Å². The number of amides is 3. The highest BCUT2D eigenvalue weighted by Crippen LogP contribution is 2.03. The van der Waals surface area contributed by atoms with Crippen LogP contribution in [0.1, 0.15) is 13.8 Å². The molecule has 0 spiro atoms. The quantitative estimate of drug-likeness (QED) is 0.203. The molecule has 24 heavy (non-hydrogen) atoms. The summed E-state index contributed by atoms with van der Waals surface area (Å²) in [5.74, 6) is -3.87. The van der Waals surface area contributed by atoms with E-state index in [9.17, 15) is 24.3 Å². The van der Waals surface area contributed by atoms with Crippen LogP contribution in [0.15, 0.2) is 0 Å². The first-order valence-electron chi connectivity index (χ1n) is 7.22. The molecule has 0 bridgehead atoms. The molecule has 0 aromatic carbocycles. The van der Waals surface area contributed by atoms with Gasteiger partial charge in [0.1, 0.15) is 18.1 Å². The van der Waals surface area contributed by atoms with Crippen LogP contribution >= 0.6 is 12.6 Å². The second-order valence-corrected chi connectivity index (χ2v) is 5.68. The van der Waals surface area contributed by atoms with Crippen LogP contribution < -0.4 is 21.7 Å². The van der Waals surface area contributed by atoms with Crippen LogP contribution in [0.3, 0.4) is 0 Å². The van der Waals surface area contributed by atoms with Crippen molar-refractivity contribution in [1.29, 1.82) is 0 Å². The molecule has 0 saturated heterocycles. The van der Waals surface area contributed by atoms with Crippen molar-refractivity contribution in [2.45, 2.75) is 32.0 Å². The van der Waals surface area contributed by atoms with E-state index in [-0.39, 0.29) is 18.2 Å². The third kappa shape index (κ3) is 7.15. The molecule has 3 amide bonds. The summed E-state index contributed by atoms with van der Waals surface area (Å²) in [5, 5.41) is 25.0. The SMILES string of the molecule is CC(C)C(NC(=O)CN)C(=O)NC(CO)C(=O)NC(CS)C(=O)O. The molecule has 0 heterocycles. The largest absolute Gasteiger partial charge is 0.480 e. The first-order chi connectivity index (χ1) is 11.2. The van der Waals surface area contributed by atoms with Crippen molar-refractivity contribution in [3.8, 4) is 0 Å². The van der Waals surface area contributed by atoms with Crippen molar-refractivity contribution >= 4 is 36.3 Å². The van der Waals surface area contributed by atoms with E-state index in [1.54, 1.807) is 13.8 Å². The number of aliphatic carboxylic acids is 1. The van der Waals surface area contributed by atoms with E-state index < -0.39 is 48.4 Å². The molecule has 0 aromatic rings. The van der Waals surface area contributed by atoms with Gasteiger partial charge >= 0.3 is 5.97 Å². The number of aliphatic hydroxyl groups is 1. The summed E-state index contributed by atoms with van der Waals surface area (Å²) < 4.78 is 0. The number of nitrogens with one attached hydrogen (secondary N) is 3. The molecule has 0 saturated carbocycles. The van der Waals surface area contributed by atoms with Gasteiger partial charge < -0.3 is 31.9 Å². The summed E-state index contributed by atoms with van der Waals surface area (Å²) in [7, 11) is 0. The fourth-order valence-electron chi connectivity index (χ4n) is 1.68. The lowest BCUT2D eigenvalue weighted by molar-refractivity contribution is -0.142. The summed E-state index contributed by atoms with van der Waals surface area (Å²) in [5.41, 5.74) is 5.18. The van der Waals surface area contributed by atoms with Crippen LogP contribution in [0.4, 0.5) is 0 Å². The van der Waals surface area contributed by atoms with Gasteiger partial charge in [0.25, 0.3) is 0 Å². The minimum absolute atomic E-state index is 0.158. The molecule has 138 valence electrons. The van der Waals surface area contributed by atoms with Gasteiger partial charge in [0.2, 0.25) is 17.7 Å². The van der Waals surface area contributed by atoms with Crippen molar-refractivity contribution in [2.24, 2.45) is 11.7 Å². The van der Waals surface area contributed by atoms with Crippen molar-refractivity contribution in [3.05, 3.63) is 0 Å². The Kier molecular flexibility index (Phi) is 10.0. The van der Waals surface area contributed by atoms with E-state index in [2.05, 4.69) is 28.6 Å². The zero-order chi connectivity index (χ0) is 18.9. The van der Waals surface area contributed by atoms with Crippen LogP contribution in [0.2, 0.25) is 0 Å². The van der Waals surface area contributed by atoms with E-state index >= 15 is 0 Å². The lowest BCUT2D eigenvalue weighted by Crippen LogP contribution is -2.58. The molecule has 7 N–H and O–H groups in total. The van der Waals surface area contributed by atoms with Crippen molar-refractivity contribution in [3.63, 3.8) is 0 Å². The number of carboxylic acid groups (broad SMARTS) is 1.